The van der Waals surface area contributed by atoms with Gasteiger partial charge in [-0.2, -0.15) is 0 Å². The number of rotatable bonds is 11. The molecule has 0 spiro atoms. The fraction of sp³-hybridized carbons (Fsp3) is 0.842. The largest absolute Gasteiger partial charge is 0.481 e. The zero-order valence-corrected chi connectivity index (χ0v) is 17.5. The molecular formula is C19H35NO7. The molecule has 0 aromatic carbocycles. The summed E-state index contributed by atoms with van der Waals surface area (Å²) in [6, 6.07) is -1.11. The average Bonchev–Trinajstić information content (AvgIpc) is 2.54. The van der Waals surface area contributed by atoms with Gasteiger partial charge in [0, 0.05) is 7.11 Å². The number of ether oxygens (including phenoxy) is 3. The SMILES string of the molecule is CCCC[C@H](C)[C@H](CC(=O)O)OC(=O)[C@@H](NC(=O)OC(C)(C)C)[C@@H](C)OC. The van der Waals surface area contributed by atoms with Gasteiger partial charge in [-0.05, 0) is 40.0 Å². The molecule has 0 aliphatic heterocycles. The molecule has 0 aromatic rings. The number of hydrogen-bond acceptors (Lipinski definition) is 6. The van der Waals surface area contributed by atoms with Crippen LogP contribution < -0.4 is 5.32 Å². The monoisotopic (exact) mass is 389 g/mol. The van der Waals surface area contributed by atoms with Gasteiger partial charge < -0.3 is 24.6 Å². The van der Waals surface area contributed by atoms with Crippen molar-refractivity contribution in [1.29, 1.82) is 0 Å². The Bertz CT molecular complexity index is 487. The van der Waals surface area contributed by atoms with E-state index in [0.717, 1.165) is 19.3 Å². The van der Waals surface area contributed by atoms with Crippen molar-refractivity contribution in [2.24, 2.45) is 5.92 Å². The lowest BCUT2D eigenvalue weighted by atomic mass is 9.95. The van der Waals surface area contributed by atoms with Gasteiger partial charge in [-0.3, -0.25) is 4.79 Å². The van der Waals surface area contributed by atoms with E-state index in [2.05, 4.69) is 5.32 Å². The smallest absolute Gasteiger partial charge is 0.408 e. The highest BCUT2D eigenvalue weighted by Gasteiger charge is 2.34. The number of carbonyl (C=O) groups excluding carboxylic acids is 2. The summed E-state index contributed by atoms with van der Waals surface area (Å²) in [5.74, 6) is -1.91. The number of carbonyl (C=O) groups is 3. The van der Waals surface area contributed by atoms with Crippen LogP contribution in [-0.4, -0.2) is 54.1 Å². The molecule has 0 saturated heterocycles. The third kappa shape index (κ3) is 10.8. The maximum atomic E-state index is 12.6. The zero-order valence-electron chi connectivity index (χ0n) is 17.5. The fourth-order valence-corrected chi connectivity index (χ4v) is 2.40. The van der Waals surface area contributed by atoms with Crippen molar-refractivity contribution >= 4 is 18.0 Å². The second kappa shape index (κ2) is 11.8. The predicted octanol–water partition coefficient (Wildman–Crippen LogP) is 3.13. The third-order valence-electron chi connectivity index (χ3n) is 4.06. The molecule has 27 heavy (non-hydrogen) atoms. The van der Waals surface area contributed by atoms with Crippen LogP contribution in [0.1, 0.15) is 67.2 Å². The predicted molar refractivity (Wildman–Crippen MR) is 100 cm³/mol. The van der Waals surface area contributed by atoms with E-state index in [4.69, 9.17) is 19.3 Å². The summed E-state index contributed by atoms with van der Waals surface area (Å²) in [5.41, 5.74) is -0.727. The number of alkyl carbamates (subject to hydrolysis) is 1. The number of carboxylic acid groups (broad SMARTS) is 1. The van der Waals surface area contributed by atoms with Crippen molar-refractivity contribution in [2.75, 3.05) is 7.11 Å². The van der Waals surface area contributed by atoms with E-state index in [1.165, 1.54) is 7.11 Å². The van der Waals surface area contributed by atoms with Crippen LogP contribution in [0.4, 0.5) is 4.79 Å². The quantitative estimate of drug-likeness (QED) is 0.522. The van der Waals surface area contributed by atoms with Crippen molar-refractivity contribution < 1.29 is 33.7 Å². The lowest BCUT2D eigenvalue weighted by Crippen LogP contribution is -2.51. The lowest BCUT2D eigenvalue weighted by molar-refractivity contribution is -0.160. The highest BCUT2D eigenvalue weighted by atomic mass is 16.6. The third-order valence-corrected chi connectivity index (χ3v) is 4.06. The Hall–Kier alpha value is -1.83. The van der Waals surface area contributed by atoms with Gasteiger partial charge in [-0.15, -0.1) is 0 Å². The van der Waals surface area contributed by atoms with Crippen LogP contribution in [-0.2, 0) is 23.8 Å². The molecule has 4 atom stereocenters. The van der Waals surface area contributed by atoms with Gasteiger partial charge >= 0.3 is 18.0 Å². The maximum Gasteiger partial charge on any atom is 0.408 e. The summed E-state index contributed by atoms with van der Waals surface area (Å²) in [7, 11) is 1.40. The average molecular weight is 389 g/mol. The summed E-state index contributed by atoms with van der Waals surface area (Å²) < 4.78 is 15.8. The van der Waals surface area contributed by atoms with Crippen molar-refractivity contribution in [3.8, 4) is 0 Å². The first-order chi connectivity index (χ1) is 12.4. The fourth-order valence-electron chi connectivity index (χ4n) is 2.40. The molecule has 0 fully saturated rings. The van der Waals surface area contributed by atoms with E-state index in [0.29, 0.717) is 0 Å². The van der Waals surface area contributed by atoms with E-state index >= 15 is 0 Å². The van der Waals surface area contributed by atoms with E-state index < -0.39 is 41.9 Å². The molecule has 1 amide bonds. The van der Waals surface area contributed by atoms with Crippen LogP contribution in [0.25, 0.3) is 0 Å². The molecule has 0 saturated carbocycles. The number of methoxy groups -OCH3 is 1. The van der Waals surface area contributed by atoms with Gasteiger partial charge in [0.25, 0.3) is 0 Å². The molecule has 0 bridgehead atoms. The molecule has 2 N–H and O–H groups in total. The molecule has 8 nitrogen and oxygen atoms in total. The van der Waals surface area contributed by atoms with Crippen LogP contribution in [0.2, 0.25) is 0 Å². The summed E-state index contributed by atoms with van der Waals surface area (Å²) in [6.45, 7) is 10.6. The van der Waals surface area contributed by atoms with Gasteiger partial charge in [-0.25, -0.2) is 9.59 Å². The molecule has 0 aliphatic rings. The topological polar surface area (TPSA) is 111 Å². The van der Waals surface area contributed by atoms with E-state index in [1.54, 1.807) is 27.7 Å². The van der Waals surface area contributed by atoms with Crippen LogP contribution in [0.3, 0.4) is 0 Å². The minimum absolute atomic E-state index is 0.120. The molecule has 0 radical (unpaired) electrons. The molecule has 0 rings (SSSR count). The minimum atomic E-state index is -1.11. The number of amides is 1. The summed E-state index contributed by atoms with van der Waals surface area (Å²) in [5, 5.41) is 11.6. The highest BCUT2D eigenvalue weighted by Crippen LogP contribution is 2.20. The van der Waals surface area contributed by atoms with Crippen LogP contribution >= 0.6 is 0 Å². The number of carboxylic acids is 1. The Morgan fingerprint density at radius 3 is 2.19 bits per heavy atom. The Morgan fingerprint density at radius 2 is 1.74 bits per heavy atom. The Labute approximate surface area is 161 Å². The first kappa shape index (κ1) is 25.2. The van der Waals surface area contributed by atoms with Crippen molar-refractivity contribution in [1.82, 2.24) is 5.32 Å². The van der Waals surface area contributed by atoms with Gasteiger partial charge in [0.05, 0.1) is 12.5 Å². The molecule has 0 unspecified atom stereocenters. The minimum Gasteiger partial charge on any atom is -0.481 e. The van der Waals surface area contributed by atoms with Crippen molar-refractivity contribution in [2.45, 2.75) is 91.1 Å². The number of unbranched alkanes of at least 4 members (excludes halogenated alkanes) is 1. The summed E-state index contributed by atoms with van der Waals surface area (Å²) in [6.07, 6.45) is 0.0741. The van der Waals surface area contributed by atoms with Gasteiger partial charge in [0.15, 0.2) is 6.04 Å². The molecule has 0 aliphatic carbocycles. The van der Waals surface area contributed by atoms with E-state index in [9.17, 15) is 14.4 Å². The lowest BCUT2D eigenvalue weighted by Gasteiger charge is -2.28. The second-order valence-electron chi connectivity index (χ2n) is 7.76. The number of hydrogen-bond donors (Lipinski definition) is 2. The van der Waals surface area contributed by atoms with E-state index in [-0.39, 0.29) is 12.3 Å². The van der Waals surface area contributed by atoms with Crippen LogP contribution in [0, 0.1) is 5.92 Å². The first-order valence-electron chi connectivity index (χ1n) is 9.35. The van der Waals surface area contributed by atoms with Gasteiger partial charge in [0.2, 0.25) is 0 Å². The molecule has 0 aromatic heterocycles. The highest BCUT2D eigenvalue weighted by molar-refractivity contribution is 5.82. The molecule has 158 valence electrons. The normalized spacial score (nSPS) is 16.0. The Kier molecular flexibility index (Phi) is 11.0. The molecule has 8 heteroatoms. The zero-order chi connectivity index (χ0) is 21.2. The Balaban J connectivity index is 5.20. The summed E-state index contributed by atoms with van der Waals surface area (Å²) in [4.78, 5) is 35.8. The standard InChI is InChI=1S/C19H35NO7/c1-8-9-10-12(2)14(11-15(21)22)26-17(23)16(13(3)25-7)20-18(24)27-19(4,5)6/h12-14,16H,8-11H2,1-7H3,(H,20,24)(H,21,22)/t12-,13+,14-,16-/m0/s1. The number of aliphatic carboxylic acids is 1. The van der Waals surface area contributed by atoms with Crippen molar-refractivity contribution in [3.05, 3.63) is 0 Å². The maximum absolute atomic E-state index is 12.6. The molecular weight excluding hydrogens is 354 g/mol. The number of esters is 1. The summed E-state index contributed by atoms with van der Waals surface area (Å²) >= 11 is 0. The molecule has 0 heterocycles. The van der Waals surface area contributed by atoms with Gasteiger partial charge in [-0.1, -0.05) is 26.7 Å². The van der Waals surface area contributed by atoms with Crippen molar-refractivity contribution in [3.63, 3.8) is 0 Å². The van der Waals surface area contributed by atoms with Crippen LogP contribution in [0.5, 0.6) is 0 Å². The van der Waals surface area contributed by atoms with Gasteiger partial charge in [0.1, 0.15) is 11.7 Å². The first-order valence-corrected chi connectivity index (χ1v) is 9.35. The van der Waals surface area contributed by atoms with Crippen LogP contribution in [0.15, 0.2) is 0 Å². The van der Waals surface area contributed by atoms with E-state index in [1.807, 2.05) is 13.8 Å². The second-order valence-corrected chi connectivity index (χ2v) is 7.76. The number of nitrogens with one attached hydrogen (secondary N) is 1. The Morgan fingerprint density at radius 1 is 1.15 bits per heavy atom.